The van der Waals surface area contributed by atoms with E-state index in [0.717, 1.165) is 15.6 Å². The number of halogens is 1. The van der Waals surface area contributed by atoms with E-state index < -0.39 is 5.97 Å². The molecule has 0 fully saturated rings. The lowest BCUT2D eigenvalue weighted by Gasteiger charge is -2.06. The molecule has 18 heavy (non-hydrogen) atoms. The molecule has 0 saturated carbocycles. The van der Waals surface area contributed by atoms with Crippen LogP contribution in [0.2, 0.25) is 0 Å². The Hall–Kier alpha value is -1.75. The van der Waals surface area contributed by atoms with Gasteiger partial charge in [-0.25, -0.2) is 14.8 Å². The van der Waals surface area contributed by atoms with E-state index in [-0.39, 0.29) is 5.82 Å². The quantitative estimate of drug-likeness (QED) is 0.800. The average Bonchev–Trinajstić information content (AvgIpc) is 2.40. The van der Waals surface area contributed by atoms with Crippen LogP contribution in [0.1, 0.15) is 16.2 Å². The number of aromatic nitrogens is 2. The highest BCUT2D eigenvalue weighted by atomic mass is 79.9. The highest BCUT2D eigenvalue weighted by Gasteiger charge is 2.11. The van der Waals surface area contributed by atoms with Gasteiger partial charge in [-0.2, -0.15) is 0 Å². The number of hydrogen-bond acceptors (Lipinski definition) is 4. The molecule has 1 heterocycles. The second-order valence-corrected chi connectivity index (χ2v) is 4.63. The van der Waals surface area contributed by atoms with Gasteiger partial charge >= 0.3 is 5.97 Å². The van der Waals surface area contributed by atoms with Crippen molar-refractivity contribution in [3.05, 3.63) is 46.3 Å². The summed E-state index contributed by atoms with van der Waals surface area (Å²) in [6.45, 7) is 1.99. The first kappa shape index (κ1) is 12.7. The van der Waals surface area contributed by atoms with Crippen LogP contribution in [0.5, 0.6) is 0 Å². The molecular weight excluding hydrogens is 296 g/mol. The summed E-state index contributed by atoms with van der Waals surface area (Å²) in [4.78, 5) is 19.5. The number of aryl methyl sites for hydroxylation is 1. The van der Waals surface area contributed by atoms with E-state index in [2.05, 4.69) is 30.6 Å². The molecule has 2 aromatic rings. The number of methoxy groups -OCH3 is 1. The predicted octanol–water partition coefficient (Wildman–Crippen LogP) is 3.00. The van der Waals surface area contributed by atoms with Crippen molar-refractivity contribution in [1.82, 2.24) is 9.97 Å². The summed E-state index contributed by atoms with van der Waals surface area (Å²) in [6, 6.07) is 7.67. The maximum Gasteiger partial charge on any atom is 0.376 e. The monoisotopic (exact) mass is 306 g/mol. The zero-order chi connectivity index (χ0) is 13.1. The number of hydrogen-bond donors (Lipinski definition) is 0. The summed E-state index contributed by atoms with van der Waals surface area (Å²) in [5, 5.41) is 0. The van der Waals surface area contributed by atoms with Gasteiger partial charge in [0.15, 0.2) is 0 Å². The Morgan fingerprint density at radius 1 is 1.33 bits per heavy atom. The Labute approximate surface area is 113 Å². The molecule has 0 unspecified atom stereocenters. The Morgan fingerprint density at radius 2 is 2.11 bits per heavy atom. The smallest absolute Gasteiger partial charge is 0.376 e. The molecule has 4 nitrogen and oxygen atoms in total. The summed E-state index contributed by atoms with van der Waals surface area (Å²) < 4.78 is 5.57. The summed E-state index contributed by atoms with van der Waals surface area (Å²) in [5.41, 5.74) is 2.73. The number of esters is 1. The molecule has 0 aliphatic carbocycles. The highest BCUT2D eigenvalue weighted by molar-refractivity contribution is 9.10. The average molecular weight is 307 g/mol. The Bertz CT molecular complexity index is 599. The molecule has 5 heteroatoms. The van der Waals surface area contributed by atoms with Crippen LogP contribution in [-0.4, -0.2) is 23.0 Å². The topological polar surface area (TPSA) is 52.1 Å². The van der Waals surface area contributed by atoms with Crippen LogP contribution in [0.4, 0.5) is 0 Å². The van der Waals surface area contributed by atoms with Gasteiger partial charge in [0.05, 0.1) is 12.8 Å². The highest BCUT2D eigenvalue weighted by Crippen LogP contribution is 2.25. The third kappa shape index (κ3) is 2.56. The molecule has 92 valence electrons. The summed E-state index contributed by atoms with van der Waals surface area (Å²) in [5.74, 6) is -0.473. The van der Waals surface area contributed by atoms with Crippen LogP contribution in [-0.2, 0) is 4.74 Å². The Balaban J connectivity index is 2.51. The van der Waals surface area contributed by atoms with E-state index in [4.69, 9.17) is 0 Å². The maximum atomic E-state index is 11.4. The molecule has 2 rings (SSSR count). The van der Waals surface area contributed by atoms with Crippen molar-refractivity contribution in [2.75, 3.05) is 7.11 Å². The van der Waals surface area contributed by atoms with E-state index in [1.165, 1.54) is 7.11 Å². The van der Waals surface area contributed by atoms with Crippen molar-refractivity contribution in [3.8, 4) is 11.3 Å². The van der Waals surface area contributed by atoms with Gasteiger partial charge in [-0.05, 0) is 30.7 Å². The van der Waals surface area contributed by atoms with Crippen molar-refractivity contribution in [2.24, 2.45) is 0 Å². The van der Waals surface area contributed by atoms with Crippen molar-refractivity contribution in [2.45, 2.75) is 6.92 Å². The fourth-order valence-corrected chi connectivity index (χ4v) is 1.93. The number of benzene rings is 1. The number of carbonyl (C=O) groups excluding carboxylic acids is 1. The molecule has 0 saturated heterocycles. The van der Waals surface area contributed by atoms with Crippen molar-refractivity contribution in [1.29, 1.82) is 0 Å². The van der Waals surface area contributed by atoms with E-state index in [9.17, 15) is 4.79 Å². The molecule has 0 atom stereocenters. The second kappa shape index (κ2) is 5.27. The third-order valence-corrected chi connectivity index (χ3v) is 2.99. The van der Waals surface area contributed by atoms with Gasteiger partial charge in [-0.3, -0.25) is 0 Å². The van der Waals surface area contributed by atoms with Crippen molar-refractivity contribution in [3.63, 3.8) is 0 Å². The maximum absolute atomic E-state index is 11.4. The van der Waals surface area contributed by atoms with Gasteiger partial charge in [0.1, 0.15) is 0 Å². The molecule has 0 aliphatic rings. The zero-order valence-corrected chi connectivity index (χ0v) is 11.6. The van der Waals surface area contributed by atoms with Gasteiger partial charge in [-0.15, -0.1) is 0 Å². The van der Waals surface area contributed by atoms with Crippen LogP contribution in [0.3, 0.4) is 0 Å². The molecule has 0 radical (unpaired) electrons. The van der Waals surface area contributed by atoms with Crippen molar-refractivity contribution < 1.29 is 9.53 Å². The molecule has 0 bridgehead atoms. The zero-order valence-electron chi connectivity index (χ0n) is 9.98. The van der Waals surface area contributed by atoms with E-state index in [0.29, 0.717) is 5.69 Å². The normalized spacial score (nSPS) is 10.2. The summed E-state index contributed by atoms with van der Waals surface area (Å²) in [7, 11) is 1.31. The molecule has 0 aliphatic heterocycles. The van der Waals surface area contributed by atoms with Crippen LogP contribution >= 0.6 is 15.9 Å². The van der Waals surface area contributed by atoms with Gasteiger partial charge in [0.2, 0.25) is 5.82 Å². The minimum atomic E-state index is -0.538. The van der Waals surface area contributed by atoms with Gasteiger partial charge in [0, 0.05) is 16.2 Å². The Morgan fingerprint density at radius 3 is 2.83 bits per heavy atom. The molecule has 0 amide bonds. The van der Waals surface area contributed by atoms with Crippen LogP contribution < -0.4 is 0 Å². The lowest BCUT2D eigenvalue weighted by Crippen LogP contribution is -2.07. The van der Waals surface area contributed by atoms with Crippen molar-refractivity contribution >= 4 is 21.9 Å². The summed E-state index contributed by atoms with van der Waals surface area (Å²) in [6.07, 6.45) is 1.55. The van der Waals surface area contributed by atoms with E-state index >= 15 is 0 Å². The minimum Gasteiger partial charge on any atom is -0.463 e. The predicted molar refractivity (Wildman–Crippen MR) is 71.2 cm³/mol. The molecule has 1 aromatic carbocycles. The standard InChI is InChI=1S/C13H11BrN2O2/c1-8-3-4-9(14)7-10(8)11-5-6-15-12(16-11)13(17)18-2/h3-7H,1-2H3. The number of rotatable bonds is 2. The number of nitrogens with zero attached hydrogens (tertiary/aromatic N) is 2. The van der Waals surface area contributed by atoms with Crippen LogP contribution in [0, 0.1) is 6.92 Å². The fraction of sp³-hybridized carbons (Fsp3) is 0.154. The first-order chi connectivity index (χ1) is 8.61. The second-order valence-electron chi connectivity index (χ2n) is 3.72. The van der Waals surface area contributed by atoms with Gasteiger partial charge in [0.25, 0.3) is 0 Å². The molecule has 0 spiro atoms. The SMILES string of the molecule is COC(=O)c1nccc(-c2cc(Br)ccc2C)n1. The first-order valence-electron chi connectivity index (χ1n) is 5.29. The number of ether oxygens (including phenoxy) is 1. The van der Waals surface area contributed by atoms with Gasteiger partial charge in [-0.1, -0.05) is 22.0 Å². The first-order valence-corrected chi connectivity index (χ1v) is 6.09. The van der Waals surface area contributed by atoms with E-state index in [1.54, 1.807) is 12.3 Å². The third-order valence-electron chi connectivity index (χ3n) is 2.50. The molecular formula is C13H11BrN2O2. The lowest BCUT2D eigenvalue weighted by atomic mass is 10.1. The van der Waals surface area contributed by atoms with E-state index in [1.807, 2.05) is 25.1 Å². The Kier molecular flexibility index (Phi) is 3.72. The summed E-state index contributed by atoms with van der Waals surface area (Å²) >= 11 is 3.42. The largest absolute Gasteiger partial charge is 0.463 e. The molecule has 0 N–H and O–H groups in total. The van der Waals surface area contributed by atoms with Gasteiger partial charge < -0.3 is 4.74 Å². The lowest BCUT2D eigenvalue weighted by molar-refractivity contribution is 0.0587. The van der Waals surface area contributed by atoms with Crippen LogP contribution in [0.25, 0.3) is 11.3 Å². The minimum absolute atomic E-state index is 0.0642. The van der Waals surface area contributed by atoms with Crippen LogP contribution in [0.15, 0.2) is 34.9 Å². The number of carbonyl (C=O) groups is 1. The molecule has 1 aromatic heterocycles. The fourth-order valence-electron chi connectivity index (χ4n) is 1.57.